The molecule has 0 aliphatic carbocycles. The maximum atomic E-state index is 12.9. The van der Waals surface area contributed by atoms with Gasteiger partial charge in [0.25, 0.3) is 5.91 Å². The van der Waals surface area contributed by atoms with Crippen molar-refractivity contribution in [2.45, 2.75) is 32.2 Å². The minimum Gasteiger partial charge on any atom is -0.328 e. The van der Waals surface area contributed by atoms with Crippen LogP contribution in [0.4, 0.5) is 0 Å². The fourth-order valence-corrected chi connectivity index (χ4v) is 3.56. The first-order chi connectivity index (χ1) is 11.0. The summed E-state index contributed by atoms with van der Waals surface area (Å²) in [4.78, 5) is 23.6. The number of carbonyl (C=O) groups excluding carboxylic acids is 1. The first-order valence-electron chi connectivity index (χ1n) is 7.84. The summed E-state index contributed by atoms with van der Waals surface area (Å²) in [6.07, 6.45) is 3.58. The summed E-state index contributed by atoms with van der Waals surface area (Å²) < 4.78 is 0. The van der Waals surface area contributed by atoms with E-state index in [-0.39, 0.29) is 42.2 Å². The lowest BCUT2D eigenvalue weighted by Gasteiger charge is -2.36. The molecule has 1 saturated heterocycles. The highest BCUT2D eigenvalue weighted by molar-refractivity contribution is 7.10. The Hall–Kier alpha value is -1.21. The van der Waals surface area contributed by atoms with Gasteiger partial charge in [0.1, 0.15) is 5.69 Å². The van der Waals surface area contributed by atoms with Crippen molar-refractivity contribution in [3.63, 3.8) is 0 Å². The predicted octanol–water partition coefficient (Wildman–Crippen LogP) is 3.47. The Labute approximate surface area is 165 Å². The standard InChI is InChI=1S/C17H22N4OS.2ClH/c1-17(2,3)16-20-13(11-23-16)15(22)21-8-7-19-10-14(21)12-5-4-6-18-9-12;;/h4-6,9,11,14,19H,7-8,10H2,1-3H3;2*1H. The van der Waals surface area contributed by atoms with Gasteiger partial charge in [-0.1, -0.05) is 26.8 Å². The third-order valence-corrected chi connectivity index (χ3v) is 5.21. The first-order valence-corrected chi connectivity index (χ1v) is 8.72. The third kappa shape index (κ3) is 4.91. The Morgan fingerprint density at radius 2 is 2.12 bits per heavy atom. The second-order valence-electron chi connectivity index (χ2n) is 6.79. The lowest BCUT2D eigenvalue weighted by molar-refractivity contribution is 0.0628. The summed E-state index contributed by atoms with van der Waals surface area (Å²) in [6, 6.07) is 3.93. The second kappa shape index (κ2) is 8.94. The molecular weight excluding hydrogens is 379 g/mol. The van der Waals surface area contributed by atoms with Crippen LogP contribution in [0.1, 0.15) is 47.9 Å². The lowest BCUT2D eigenvalue weighted by Crippen LogP contribution is -2.48. The first kappa shape index (κ1) is 21.8. The number of nitrogens with zero attached hydrogens (tertiary/aromatic N) is 3. The van der Waals surface area contributed by atoms with Crippen LogP contribution in [-0.4, -0.2) is 40.4 Å². The fraction of sp³-hybridized carbons (Fsp3) is 0.471. The minimum absolute atomic E-state index is 0. The number of pyridine rings is 1. The van der Waals surface area contributed by atoms with Gasteiger partial charge >= 0.3 is 0 Å². The van der Waals surface area contributed by atoms with Gasteiger partial charge in [0.15, 0.2) is 0 Å². The van der Waals surface area contributed by atoms with E-state index in [1.807, 2.05) is 28.6 Å². The van der Waals surface area contributed by atoms with E-state index in [2.05, 4.69) is 36.1 Å². The van der Waals surface area contributed by atoms with Gasteiger partial charge in [0, 0.05) is 42.8 Å². The van der Waals surface area contributed by atoms with E-state index in [1.165, 1.54) is 0 Å². The zero-order chi connectivity index (χ0) is 16.4. The number of carbonyl (C=O) groups is 1. The molecule has 1 unspecified atom stereocenters. The molecule has 5 nitrogen and oxygen atoms in total. The maximum absolute atomic E-state index is 12.9. The van der Waals surface area contributed by atoms with Crippen molar-refractivity contribution in [1.82, 2.24) is 20.2 Å². The van der Waals surface area contributed by atoms with Crippen molar-refractivity contribution < 1.29 is 4.79 Å². The molecule has 0 aromatic carbocycles. The largest absolute Gasteiger partial charge is 0.328 e. The highest BCUT2D eigenvalue weighted by Gasteiger charge is 2.30. The van der Waals surface area contributed by atoms with Crippen molar-refractivity contribution in [2.75, 3.05) is 19.6 Å². The van der Waals surface area contributed by atoms with Crippen LogP contribution in [0.25, 0.3) is 0 Å². The van der Waals surface area contributed by atoms with E-state index in [0.29, 0.717) is 12.2 Å². The highest BCUT2D eigenvalue weighted by atomic mass is 35.5. The number of hydrogen-bond donors (Lipinski definition) is 1. The number of nitrogens with one attached hydrogen (secondary N) is 1. The van der Waals surface area contributed by atoms with Gasteiger partial charge < -0.3 is 10.2 Å². The van der Waals surface area contributed by atoms with E-state index in [1.54, 1.807) is 17.5 Å². The smallest absolute Gasteiger partial charge is 0.273 e. The Bertz CT molecular complexity index is 687. The van der Waals surface area contributed by atoms with Gasteiger partial charge in [0.05, 0.1) is 11.0 Å². The van der Waals surface area contributed by atoms with E-state index in [9.17, 15) is 4.79 Å². The summed E-state index contributed by atoms with van der Waals surface area (Å²) >= 11 is 1.56. The molecule has 2 aromatic heterocycles. The number of aromatic nitrogens is 2. The van der Waals surface area contributed by atoms with E-state index in [0.717, 1.165) is 23.7 Å². The van der Waals surface area contributed by atoms with Gasteiger partial charge in [-0.15, -0.1) is 36.2 Å². The van der Waals surface area contributed by atoms with E-state index >= 15 is 0 Å². The van der Waals surface area contributed by atoms with Crippen LogP contribution in [0.2, 0.25) is 0 Å². The molecule has 8 heteroatoms. The molecule has 25 heavy (non-hydrogen) atoms. The number of thiazole rings is 1. The summed E-state index contributed by atoms with van der Waals surface area (Å²) in [6.45, 7) is 8.57. The molecule has 1 N–H and O–H groups in total. The minimum atomic E-state index is -0.0323. The van der Waals surface area contributed by atoms with Crippen LogP contribution in [0.5, 0.6) is 0 Å². The second-order valence-corrected chi connectivity index (χ2v) is 7.65. The van der Waals surface area contributed by atoms with Crippen LogP contribution >= 0.6 is 36.2 Å². The Morgan fingerprint density at radius 1 is 1.36 bits per heavy atom. The summed E-state index contributed by atoms with van der Waals surface area (Å²) in [7, 11) is 0. The molecule has 0 bridgehead atoms. The molecule has 0 saturated carbocycles. The number of hydrogen-bond acceptors (Lipinski definition) is 5. The molecule has 1 atom stereocenters. The van der Waals surface area contributed by atoms with Gasteiger partial charge in [-0.05, 0) is 11.6 Å². The maximum Gasteiger partial charge on any atom is 0.273 e. The van der Waals surface area contributed by atoms with Gasteiger partial charge in [-0.2, -0.15) is 0 Å². The lowest BCUT2D eigenvalue weighted by atomic mass is 9.98. The molecule has 1 fully saturated rings. The number of rotatable bonds is 2. The van der Waals surface area contributed by atoms with E-state index < -0.39 is 0 Å². The zero-order valence-electron chi connectivity index (χ0n) is 14.6. The quantitative estimate of drug-likeness (QED) is 0.835. The third-order valence-electron chi connectivity index (χ3n) is 3.94. The van der Waals surface area contributed by atoms with Crippen molar-refractivity contribution in [3.8, 4) is 0 Å². The van der Waals surface area contributed by atoms with Crippen LogP contribution in [0.15, 0.2) is 29.9 Å². The van der Waals surface area contributed by atoms with Gasteiger partial charge in [0.2, 0.25) is 0 Å². The molecule has 1 amide bonds. The monoisotopic (exact) mass is 402 g/mol. The molecule has 3 rings (SSSR count). The van der Waals surface area contributed by atoms with Gasteiger partial charge in [-0.3, -0.25) is 9.78 Å². The molecule has 3 heterocycles. The van der Waals surface area contributed by atoms with E-state index in [4.69, 9.17) is 0 Å². The Balaban J connectivity index is 0.00000156. The predicted molar refractivity (Wildman–Crippen MR) is 106 cm³/mol. The van der Waals surface area contributed by atoms with Crippen LogP contribution < -0.4 is 5.32 Å². The number of piperazine rings is 1. The fourth-order valence-electron chi connectivity index (χ4n) is 2.68. The molecule has 0 spiro atoms. The molecule has 0 radical (unpaired) electrons. The molecule has 2 aromatic rings. The van der Waals surface area contributed by atoms with Crippen LogP contribution in [-0.2, 0) is 5.41 Å². The SMILES string of the molecule is CC(C)(C)c1nc(C(=O)N2CCNCC2c2cccnc2)cs1.Cl.Cl. The Kier molecular flexibility index (Phi) is 7.81. The zero-order valence-corrected chi connectivity index (χ0v) is 17.0. The molecule has 138 valence electrons. The normalized spacial score (nSPS) is 17.4. The number of halogens is 2. The van der Waals surface area contributed by atoms with Crippen LogP contribution in [0.3, 0.4) is 0 Å². The topological polar surface area (TPSA) is 58.1 Å². The van der Waals surface area contributed by atoms with Gasteiger partial charge in [-0.25, -0.2) is 4.98 Å². The van der Waals surface area contributed by atoms with Crippen molar-refractivity contribution in [2.24, 2.45) is 0 Å². The molecular formula is C17H24Cl2N4OS. The summed E-state index contributed by atoms with van der Waals surface area (Å²) in [5.74, 6) is 0.00658. The van der Waals surface area contributed by atoms with Crippen molar-refractivity contribution in [1.29, 1.82) is 0 Å². The van der Waals surface area contributed by atoms with Crippen LogP contribution in [0, 0.1) is 0 Å². The summed E-state index contributed by atoms with van der Waals surface area (Å²) in [5, 5.41) is 6.23. The molecule has 1 aliphatic rings. The number of amides is 1. The highest BCUT2D eigenvalue weighted by Crippen LogP contribution is 2.28. The van der Waals surface area contributed by atoms with Crippen molar-refractivity contribution >= 4 is 42.1 Å². The molecule has 1 aliphatic heterocycles. The van der Waals surface area contributed by atoms with Crippen molar-refractivity contribution in [3.05, 3.63) is 46.2 Å². The summed E-state index contributed by atoms with van der Waals surface area (Å²) in [5.41, 5.74) is 1.57. The average molecular weight is 403 g/mol. The average Bonchev–Trinajstić information content (AvgIpc) is 3.05. The Morgan fingerprint density at radius 3 is 2.72 bits per heavy atom.